The average molecular weight is 287 g/mol. The number of hydrogen-bond acceptors (Lipinski definition) is 3. The molecule has 16 heavy (non-hydrogen) atoms. The molecule has 0 amide bonds. The maximum Gasteiger partial charge on any atom is 0.308 e. The summed E-state index contributed by atoms with van der Waals surface area (Å²) in [6, 6.07) is 3.73. The van der Waals surface area contributed by atoms with Gasteiger partial charge in [-0.15, -0.1) is 0 Å². The fourth-order valence-electron chi connectivity index (χ4n) is 1.53. The van der Waals surface area contributed by atoms with Gasteiger partial charge in [0.15, 0.2) is 0 Å². The molecule has 0 aromatic heterocycles. The number of rotatable bonds is 3. The molecule has 1 rings (SSSR count). The molecule has 1 N–H and O–H groups in total. The summed E-state index contributed by atoms with van der Waals surface area (Å²) in [5.41, 5.74) is 2.82. The lowest BCUT2D eigenvalue weighted by molar-refractivity contribution is -0.142. The first-order valence-corrected chi connectivity index (χ1v) is 5.76. The molecule has 3 nitrogen and oxygen atoms in total. The molecule has 0 heterocycles. The molecular weight excluding hydrogens is 272 g/mol. The monoisotopic (exact) mass is 286 g/mol. The first kappa shape index (κ1) is 13.2. The molecule has 1 aromatic rings. The summed E-state index contributed by atoms with van der Waals surface area (Å²) in [5, 5.41) is 9.85. The van der Waals surface area contributed by atoms with Gasteiger partial charge >= 0.3 is 5.97 Å². The number of halogens is 1. The zero-order chi connectivity index (χ0) is 12.3. The normalized spacial score (nSPS) is 12.3. The van der Waals surface area contributed by atoms with E-state index in [1.54, 1.807) is 0 Å². The Kier molecular flexibility index (Phi) is 4.50. The van der Waals surface area contributed by atoms with Gasteiger partial charge in [0.25, 0.3) is 0 Å². The van der Waals surface area contributed by atoms with E-state index >= 15 is 0 Å². The van der Waals surface area contributed by atoms with Crippen molar-refractivity contribution in [2.45, 2.75) is 26.4 Å². The van der Waals surface area contributed by atoms with Crippen LogP contribution in [-0.2, 0) is 9.53 Å². The predicted octanol–water partition coefficient (Wildman–Crippen LogP) is 2.66. The van der Waals surface area contributed by atoms with Crippen molar-refractivity contribution in [3.8, 4) is 0 Å². The molecule has 0 saturated carbocycles. The number of carbonyl (C=O) groups is 1. The van der Waals surface area contributed by atoms with Gasteiger partial charge in [-0.05, 0) is 30.5 Å². The van der Waals surface area contributed by atoms with Crippen LogP contribution >= 0.6 is 15.9 Å². The predicted molar refractivity (Wildman–Crippen MR) is 65.2 cm³/mol. The lowest BCUT2D eigenvalue weighted by Crippen LogP contribution is -2.08. The van der Waals surface area contributed by atoms with Crippen LogP contribution in [0.2, 0.25) is 0 Å². The summed E-state index contributed by atoms with van der Waals surface area (Å²) in [6.45, 7) is 3.90. The number of benzene rings is 1. The van der Waals surface area contributed by atoms with Gasteiger partial charge in [0.2, 0.25) is 0 Å². The summed E-state index contributed by atoms with van der Waals surface area (Å²) >= 11 is 3.45. The van der Waals surface area contributed by atoms with Crippen LogP contribution in [0.5, 0.6) is 0 Å². The van der Waals surface area contributed by atoms with Crippen LogP contribution in [0.1, 0.15) is 29.2 Å². The van der Waals surface area contributed by atoms with Crippen molar-refractivity contribution in [3.63, 3.8) is 0 Å². The third-order valence-electron chi connectivity index (χ3n) is 2.43. The van der Waals surface area contributed by atoms with Gasteiger partial charge in [-0.1, -0.05) is 28.1 Å². The van der Waals surface area contributed by atoms with Crippen LogP contribution in [-0.4, -0.2) is 18.2 Å². The Morgan fingerprint density at radius 1 is 1.44 bits per heavy atom. The zero-order valence-electron chi connectivity index (χ0n) is 9.58. The third kappa shape index (κ3) is 3.06. The summed E-state index contributed by atoms with van der Waals surface area (Å²) in [4.78, 5) is 11.0. The highest BCUT2D eigenvalue weighted by Gasteiger charge is 2.14. The zero-order valence-corrected chi connectivity index (χ0v) is 11.2. The van der Waals surface area contributed by atoms with E-state index in [9.17, 15) is 9.90 Å². The van der Waals surface area contributed by atoms with Crippen molar-refractivity contribution < 1.29 is 14.6 Å². The van der Waals surface area contributed by atoms with Crippen molar-refractivity contribution in [1.82, 2.24) is 0 Å². The molecule has 88 valence electrons. The van der Waals surface area contributed by atoms with E-state index in [4.69, 9.17) is 0 Å². The minimum absolute atomic E-state index is 0.0169. The number of hydrogen-bond donors (Lipinski definition) is 1. The highest BCUT2D eigenvalue weighted by molar-refractivity contribution is 9.10. The van der Waals surface area contributed by atoms with Crippen LogP contribution < -0.4 is 0 Å². The van der Waals surface area contributed by atoms with E-state index < -0.39 is 12.1 Å². The van der Waals surface area contributed by atoms with Gasteiger partial charge in [0.1, 0.15) is 0 Å². The van der Waals surface area contributed by atoms with Crippen LogP contribution in [0.3, 0.4) is 0 Å². The minimum atomic E-state index is -0.807. The second kappa shape index (κ2) is 5.46. The fourth-order valence-corrected chi connectivity index (χ4v) is 1.76. The van der Waals surface area contributed by atoms with E-state index in [-0.39, 0.29) is 6.42 Å². The van der Waals surface area contributed by atoms with Gasteiger partial charge in [-0.25, -0.2) is 0 Å². The quantitative estimate of drug-likeness (QED) is 0.869. The van der Waals surface area contributed by atoms with E-state index in [1.165, 1.54) is 7.11 Å². The Morgan fingerprint density at radius 2 is 1.94 bits per heavy atom. The van der Waals surface area contributed by atoms with Crippen LogP contribution in [0, 0.1) is 13.8 Å². The second-order valence-corrected chi connectivity index (χ2v) is 4.56. The Labute approximate surface area is 104 Å². The minimum Gasteiger partial charge on any atom is -0.469 e. The number of aryl methyl sites for hydroxylation is 2. The SMILES string of the molecule is COC(=O)C[C@@H](O)c1cc(C)c(Br)c(C)c1. The summed E-state index contributed by atoms with van der Waals surface area (Å²) in [5.74, 6) is -0.411. The second-order valence-electron chi connectivity index (χ2n) is 3.76. The molecule has 4 heteroatoms. The molecule has 0 unspecified atom stereocenters. The van der Waals surface area contributed by atoms with E-state index in [1.807, 2.05) is 26.0 Å². The summed E-state index contributed by atoms with van der Waals surface area (Å²) in [7, 11) is 1.31. The van der Waals surface area contributed by atoms with Gasteiger partial charge in [-0.3, -0.25) is 4.79 Å². The standard InChI is InChI=1S/C12H15BrO3/c1-7-4-9(5-8(2)12(7)13)10(14)6-11(15)16-3/h4-5,10,14H,6H2,1-3H3/t10-/m1/s1. The van der Waals surface area contributed by atoms with Crippen LogP contribution in [0.25, 0.3) is 0 Å². The Balaban J connectivity index is 2.92. The molecular formula is C12H15BrO3. The number of esters is 1. The number of aliphatic hydroxyl groups is 1. The van der Waals surface area contributed by atoms with E-state index in [0.29, 0.717) is 0 Å². The molecule has 1 atom stereocenters. The lowest BCUT2D eigenvalue weighted by Gasteiger charge is -2.13. The maximum atomic E-state index is 11.0. The maximum absolute atomic E-state index is 11.0. The topological polar surface area (TPSA) is 46.5 Å². The first-order valence-electron chi connectivity index (χ1n) is 4.97. The number of methoxy groups -OCH3 is 1. The summed E-state index contributed by atoms with van der Waals surface area (Å²) in [6.07, 6.45) is -0.824. The lowest BCUT2D eigenvalue weighted by atomic mass is 10.0. The highest BCUT2D eigenvalue weighted by Crippen LogP contribution is 2.26. The molecule has 0 bridgehead atoms. The van der Waals surface area contributed by atoms with Crippen molar-refractivity contribution in [3.05, 3.63) is 33.3 Å². The van der Waals surface area contributed by atoms with Crippen molar-refractivity contribution in [1.29, 1.82) is 0 Å². The van der Waals surface area contributed by atoms with E-state index in [2.05, 4.69) is 20.7 Å². The molecule has 0 aliphatic carbocycles. The van der Waals surface area contributed by atoms with Crippen molar-refractivity contribution in [2.24, 2.45) is 0 Å². The Hall–Kier alpha value is -0.870. The van der Waals surface area contributed by atoms with Crippen molar-refractivity contribution in [2.75, 3.05) is 7.11 Å². The first-order chi connectivity index (χ1) is 7.45. The van der Waals surface area contributed by atoms with Crippen LogP contribution in [0.15, 0.2) is 16.6 Å². The van der Waals surface area contributed by atoms with Gasteiger partial charge in [-0.2, -0.15) is 0 Å². The average Bonchev–Trinajstić information content (AvgIpc) is 2.24. The van der Waals surface area contributed by atoms with Crippen molar-refractivity contribution >= 4 is 21.9 Å². The van der Waals surface area contributed by atoms with Gasteiger partial charge in [0.05, 0.1) is 19.6 Å². The highest BCUT2D eigenvalue weighted by atomic mass is 79.9. The molecule has 0 fully saturated rings. The molecule has 0 saturated heterocycles. The number of ether oxygens (including phenoxy) is 1. The van der Waals surface area contributed by atoms with Crippen LogP contribution in [0.4, 0.5) is 0 Å². The fraction of sp³-hybridized carbons (Fsp3) is 0.417. The Bertz CT molecular complexity index is 378. The largest absolute Gasteiger partial charge is 0.469 e. The number of aliphatic hydroxyl groups excluding tert-OH is 1. The molecule has 0 radical (unpaired) electrons. The Morgan fingerprint density at radius 3 is 2.38 bits per heavy atom. The molecule has 0 aliphatic rings. The smallest absolute Gasteiger partial charge is 0.308 e. The van der Waals surface area contributed by atoms with Gasteiger partial charge < -0.3 is 9.84 Å². The molecule has 0 spiro atoms. The van der Waals surface area contributed by atoms with E-state index in [0.717, 1.165) is 21.2 Å². The molecule has 1 aromatic carbocycles. The third-order valence-corrected chi connectivity index (χ3v) is 3.68. The van der Waals surface area contributed by atoms with Gasteiger partial charge in [0, 0.05) is 4.47 Å². The number of carbonyl (C=O) groups excluding carboxylic acids is 1. The summed E-state index contributed by atoms with van der Waals surface area (Å²) < 4.78 is 5.55. The molecule has 0 aliphatic heterocycles.